The SMILES string of the molecule is CCC(C)(C(=O)BNC(C)=O)N1CCCC1C=O. The number of rotatable bonds is 6. The number of hydrogen-bond acceptors (Lipinski definition) is 4. The lowest BCUT2D eigenvalue weighted by Crippen LogP contribution is -2.58. The molecule has 1 aliphatic rings. The fraction of sp³-hybridized carbons (Fsp3) is 0.750. The fourth-order valence-electron chi connectivity index (χ4n) is 2.50. The smallest absolute Gasteiger partial charge is 0.317 e. The van der Waals surface area contributed by atoms with Crippen molar-refractivity contribution in [3.63, 3.8) is 0 Å². The van der Waals surface area contributed by atoms with Gasteiger partial charge in [0.25, 0.3) is 0 Å². The standard InChI is InChI=1S/C12H21BN2O3/c1-4-12(3,11(18)13-14-9(2)17)15-7-5-6-10(15)8-16/h8,10,13H,4-7H2,1-3H3,(H,14,17). The quantitative estimate of drug-likeness (QED) is 0.526. The lowest BCUT2D eigenvalue weighted by atomic mass is 9.72. The Morgan fingerprint density at radius 2 is 2.22 bits per heavy atom. The normalized spacial score (nSPS) is 23.2. The Kier molecular flexibility index (Phi) is 5.08. The summed E-state index contributed by atoms with van der Waals surface area (Å²) in [4.78, 5) is 36.2. The summed E-state index contributed by atoms with van der Waals surface area (Å²) < 4.78 is 0. The molecule has 100 valence electrons. The highest BCUT2D eigenvalue weighted by atomic mass is 16.2. The van der Waals surface area contributed by atoms with Crippen LogP contribution in [-0.2, 0) is 14.4 Å². The second kappa shape index (κ2) is 6.13. The summed E-state index contributed by atoms with van der Waals surface area (Å²) in [5, 5.41) is 2.54. The molecule has 1 heterocycles. The molecule has 2 unspecified atom stereocenters. The summed E-state index contributed by atoms with van der Waals surface area (Å²) in [6.45, 7) is 5.95. The summed E-state index contributed by atoms with van der Waals surface area (Å²) in [7, 11) is 0.0295. The maximum atomic E-state index is 12.3. The molecule has 0 spiro atoms. The second-order valence-electron chi connectivity index (χ2n) is 5.00. The van der Waals surface area contributed by atoms with Crippen molar-refractivity contribution >= 4 is 25.3 Å². The van der Waals surface area contributed by atoms with Crippen LogP contribution in [0, 0.1) is 0 Å². The van der Waals surface area contributed by atoms with Crippen LogP contribution in [0.1, 0.15) is 40.0 Å². The molecule has 1 aliphatic heterocycles. The third-order valence-electron chi connectivity index (χ3n) is 3.88. The molecule has 18 heavy (non-hydrogen) atoms. The maximum absolute atomic E-state index is 12.3. The minimum atomic E-state index is -0.662. The van der Waals surface area contributed by atoms with E-state index in [-0.39, 0.29) is 25.0 Å². The van der Waals surface area contributed by atoms with E-state index in [1.54, 1.807) is 0 Å². The number of nitrogens with zero attached hydrogens (tertiary/aromatic N) is 1. The third-order valence-corrected chi connectivity index (χ3v) is 3.88. The number of amides is 1. The molecule has 0 radical (unpaired) electrons. The van der Waals surface area contributed by atoms with E-state index in [1.807, 2.05) is 18.7 Å². The van der Waals surface area contributed by atoms with Gasteiger partial charge in [0.15, 0.2) is 0 Å². The number of carbonyl (C=O) groups excluding carboxylic acids is 3. The van der Waals surface area contributed by atoms with Gasteiger partial charge in [-0.2, -0.15) is 0 Å². The first-order chi connectivity index (χ1) is 8.45. The van der Waals surface area contributed by atoms with Gasteiger partial charge in [0.05, 0.1) is 11.6 Å². The van der Waals surface area contributed by atoms with Crippen molar-refractivity contribution in [2.45, 2.75) is 51.6 Å². The summed E-state index contributed by atoms with van der Waals surface area (Å²) >= 11 is 0. The molecule has 1 N–H and O–H groups in total. The Bertz CT molecular complexity index is 348. The van der Waals surface area contributed by atoms with Gasteiger partial charge in [0.2, 0.25) is 5.91 Å². The van der Waals surface area contributed by atoms with Crippen molar-refractivity contribution in [3.8, 4) is 0 Å². The van der Waals surface area contributed by atoms with Gasteiger partial charge in [-0.25, -0.2) is 0 Å². The molecule has 0 aromatic carbocycles. The molecule has 0 aromatic heterocycles. The highest BCUT2D eigenvalue weighted by Crippen LogP contribution is 2.29. The van der Waals surface area contributed by atoms with E-state index in [2.05, 4.69) is 5.23 Å². The zero-order valence-electron chi connectivity index (χ0n) is 11.4. The highest BCUT2D eigenvalue weighted by Gasteiger charge is 2.42. The van der Waals surface area contributed by atoms with Crippen LogP contribution in [0.2, 0.25) is 0 Å². The first-order valence-corrected chi connectivity index (χ1v) is 6.45. The van der Waals surface area contributed by atoms with Gasteiger partial charge >= 0.3 is 7.41 Å². The maximum Gasteiger partial charge on any atom is 0.317 e. The molecule has 0 saturated carbocycles. The molecule has 1 rings (SSSR count). The van der Waals surface area contributed by atoms with Gasteiger partial charge in [0.1, 0.15) is 12.0 Å². The van der Waals surface area contributed by atoms with Gasteiger partial charge in [-0.05, 0) is 32.7 Å². The van der Waals surface area contributed by atoms with E-state index < -0.39 is 5.54 Å². The van der Waals surface area contributed by atoms with Crippen LogP contribution in [0.15, 0.2) is 0 Å². The van der Waals surface area contributed by atoms with E-state index in [1.165, 1.54) is 6.92 Å². The Morgan fingerprint density at radius 1 is 1.56 bits per heavy atom. The van der Waals surface area contributed by atoms with Crippen LogP contribution < -0.4 is 5.23 Å². The van der Waals surface area contributed by atoms with E-state index in [4.69, 9.17) is 0 Å². The lowest BCUT2D eigenvalue weighted by molar-refractivity contribution is -0.126. The number of aldehydes is 1. The molecular formula is C12H21BN2O3. The Balaban J connectivity index is 2.80. The van der Waals surface area contributed by atoms with Crippen LogP contribution in [0.3, 0.4) is 0 Å². The molecular weight excluding hydrogens is 231 g/mol. The lowest BCUT2D eigenvalue weighted by Gasteiger charge is -2.39. The van der Waals surface area contributed by atoms with Gasteiger partial charge in [0, 0.05) is 6.92 Å². The summed E-state index contributed by atoms with van der Waals surface area (Å²) in [5.74, 6) is -0.213. The first kappa shape index (κ1) is 14.9. The van der Waals surface area contributed by atoms with E-state index in [0.29, 0.717) is 6.42 Å². The number of likely N-dealkylation sites (tertiary alicyclic amines) is 1. The largest absolute Gasteiger partial charge is 0.395 e. The van der Waals surface area contributed by atoms with E-state index in [0.717, 1.165) is 25.7 Å². The van der Waals surface area contributed by atoms with Gasteiger partial charge in [-0.3, -0.25) is 9.69 Å². The monoisotopic (exact) mass is 252 g/mol. The van der Waals surface area contributed by atoms with Gasteiger partial charge in [-0.1, -0.05) is 6.92 Å². The number of hydrogen-bond donors (Lipinski definition) is 1. The predicted molar refractivity (Wildman–Crippen MR) is 70.5 cm³/mol. The topological polar surface area (TPSA) is 66.5 Å². The Labute approximate surface area is 109 Å². The second-order valence-corrected chi connectivity index (χ2v) is 5.00. The Hall–Kier alpha value is -1.17. The fourth-order valence-corrected chi connectivity index (χ4v) is 2.50. The zero-order valence-corrected chi connectivity index (χ0v) is 11.4. The van der Waals surface area contributed by atoms with Crippen LogP contribution in [0.4, 0.5) is 0 Å². The number of carbonyl (C=O) groups is 3. The average Bonchev–Trinajstić information content (AvgIpc) is 2.83. The number of nitrogens with one attached hydrogen (secondary N) is 1. The molecule has 1 amide bonds. The third kappa shape index (κ3) is 2.99. The molecule has 0 aliphatic carbocycles. The molecule has 0 bridgehead atoms. The van der Waals surface area contributed by atoms with Crippen LogP contribution in [0.25, 0.3) is 0 Å². The van der Waals surface area contributed by atoms with Crippen molar-refractivity contribution < 1.29 is 14.4 Å². The zero-order chi connectivity index (χ0) is 13.8. The minimum absolute atomic E-state index is 0.0295. The van der Waals surface area contributed by atoms with E-state index >= 15 is 0 Å². The molecule has 1 saturated heterocycles. The van der Waals surface area contributed by atoms with Crippen molar-refractivity contribution in [2.24, 2.45) is 0 Å². The van der Waals surface area contributed by atoms with Crippen molar-refractivity contribution in [2.75, 3.05) is 6.54 Å². The molecule has 2 atom stereocenters. The van der Waals surface area contributed by atoms with Crippen LogP contribution in [-0.4, -0.2) is 48.3 Å². The van der Waals surface area contributed by atoms with Crippen LogP contribution >= 0.6 is 0 Å². The molecule has 6 heteroatoms. The first-order valence-electron chi connectivity index (χ1n) is 6.45. The summed E-state index contributed by atoms with van der Waals surface area (Å²) in [5.41, 5.74) is -0.696. The van der Waals surface area contributed by atoms with Crippen molar-refractivity contribution in [3.05, 3.63) is 0 Å². The van der Waals surface area contributed by atoms with E-state index in [9.17, 15) is 14.4 Å². The minimum Gasteiger partial charge on any atom is -0.395 e. The van der Waals surface area contributed by atoms with Crippen molar-refractivity contribution in [1.82, 2.24) is 10.1 Å². The molecule has 1 fully saturated rings. The predicted octanol–water partition coefficient (Wildman–Crippen LogP) is -0.167. The average molecular weight is 252 g/mol. The summed E-state index contributed by atoms with van der Waals surface area (Å²) in [6.07, 6.45) is 3.31. The Morgan fingerprint density at radius 3 is 2.72 bits per heavy atom. The molecule has 5 nitrogen and oxygen atoms in total. The van der Waals surface area contributed by atoms with Gasteiger partial charge < -0.3 is 14.8 Å². The summed E-state index contributed by atoms with van der Waals surface area (Å²) in [6, 6.07) is -0.170. The van der Waals surface area contributed by atoms with Crippen LogP contribution in [0.5, 0.6) is 0 Å². The highest BCUT2D eigenvalue weighted by molar-refractivity contribution is 6.75. The van der Waals surface area contributed by atoms with Crippen molar-refractivity contribution in [1.29, 1.82) is 0 Å². The van der Waals surface area contributed by atoms with Gasteiger partial charge in [-0.15, -0.1) is 0 Å². The molecule has 0 aromatic rings.